The van der Waals surface area contributed by atoms with Gasteiger partial charge in [-0.1, -0.05) is 35.9 Å². The number of amides is 1. The first-order valence-corrected chi connectivity index (χ1v) is 8.31. The van der Waals surface area contributed by atoms with Gasteiger partial charge in [-0.05, 0) is 43.7 Å². The fourth-order valence-corrected chi connectivity index (χ4v) is 3.34. The number of carbonyl (C=O) groups excluding carboxylic acids is 1. The predicted molar refractivity (Wildman–Crippen MR) is 99.8 cm³/mol. The van der Waals surface area contributed by atoms with E-state index in [-0.39, 0.29) is 12.1 Å². The fourth-order valence-electron chi connectivity index (χ4n) is 3.34. The van der Waals surface area contributed by atoms with Gasteiger partial charge in [-0.15, -0.1) is 0 Å². The van der Waals surface area contributed by atoms with Gasteiger partial charge >= 0.3 is 0 Å². The van der Waals surface area contributed by atoms with Crippen molar-refractivity contribution >= 4 is 17.3 Å². The van der Waals surface area contributed by atoms with Gasteiger partial charge in [0.25, 0.3) is 5.91 Å². The fraction of sp³-hybridized carbons (Fsp3) is 0.143. The quantitative estimate of drug-likeness (QED) is 0.771. The number of anilines is 2. The molecule has 124 valence electrons. The Morgan fingerprint density at radius 1 is 1.04 bits per heavy atom. The highest BCUT2D eigenvalue weighted by Crippen LogP contribution is 2.38. The first kappa shape index (κ1) is 15.4. The normalized spacial score (nSPS) is 16.0. The minimum atomic E-state index is -0.255. The SMILES string of the molecule is Cc1ccc(N[C@@H]2c3ccccc3C(=O)N2c2cccnc2)c(C)c1. The summed E-state index contributed by atoms with van der Waals surface area (Å²) in [6.45, 7) is 4.15. The van der Waals surface area contributed by atoms with Crippen molar-refractivity contribution in [1.29, 1.82) is 0 Å². The van der Waals surface area contributed by atoms with Crippen LogP contribution in [0, 0.1) is 13.8 Å². The molecule has 4 rings (SSSR count). The van der Waals surface area contributed by atoms with Crippen LogP contribution in [-0.4, -0.2) is 10.9 Å². The molecule has 0 radical (unpaired) electrons. The van der Waals surface area contributed by atoms with E-state index in [1.165, 1.54) is 5.56 Å². The average molecular weight is 329 g/mol. The largest absolute Gasteiger partial charge is 0.361 e. The van der Waals surface area contributed by atoms with Gasteiger partial charge < -0.3 is 5.32 Å². The van der Waals surface area contributed by atoms with E-state index in [0.29, 0.717) is 0 Å². The van der Waals surface area contributed by atoms with E-state index in [2.05, 4.69) is 42.3 Å². The Morgan fingerprint density at radius 2 is 1.88 bits per heavy atom. The topological polar surface area (TPSA) is 45.2 Å². The van der Waals surface area contributed by atoms with Crippen molar-refractivity contribution in [3.05, 3.63) is 89.2 Å². The molecule has 4 nitrogen and oxygen atoms in total. The van der Waals surface area contributed by atoms with Gasteiger partial charge in [0.05, 0.1) is 11.9 Å². The number of carbonyl (C=O) groups is 1. The Bertz CT molecular complexity index is 937. The molecular weight excluding hydrogens is 310 g/mol. The number of nitrogens with zero attached hydrogens (tertiary/aromatic N) is 2. The minimum Gasteiger partial charge on any atom is -0.361 e. The molecule has 2 heterocycles. The zero-order chi connectivity index (χ0) is 17.4. The summed E-state index contributed by atoms with van der Waals surface area (Å²) in [6.07, 6.45) is 3.18. The zero-order valence-corrected chi connectivity index (χ0v) is 14.2. The molecule has 2 aromatic carbocycles. The number of hydrogen-bond donors (Lipinski definition) is 1. The van der Waals surface area contributed by atoms with E-state index in [9.17, 15) is 4.79 Å². The maximum Gasteiger partial charge on any atom is 0.260 e. The number of nitrogens with one attached hydrogen (secondary N) is 1. The summed E-state index contributed by atoms with van der Waals surface area (Å²) in [5, 5.41) is 3.55. The number of aryl methyl sites for hydroxylation is 2. The van der Waals surface area contributed by atoms with Crippen LogP contribution in [0.15, 0.2) is 67.0 Å². The molecule has 1 aliphatic heterocycles. The number of pyridine rings is 1. The highest BCUT2D eigenvalue weighted by Gasteiger charge is 2.37. The lowest BCUT2D eigenvalue weighted by atomic mass is 10.1. The van der Waals surface area contributed by atoms with Gasteiger partial charge in [-0.2, -0.15) is 0 Å². The Hall–Kier alpha value is -3.14. The molecule has 1 amide bonds. The van der Waals surface area contributed by atoms with Crippen LogP contribution in [0.25, 0.3) is 0 Å². The summed E-state index contributed by atoms with van der Waals surface area (Å²) in [5.74, 6) is -0.00846. The summed E-state index contributed by atoms with van der Waals surface area (Å²) < 4.78 is 0. The Kier molecular flexibility index (Phi) is 3.73. The van der Waals surface area contributed by atoms with E-state index in [1.807, 2.05) is 36.4 Å². The van der Waals surface area contributed by atoms with Crippen LogP contribution in [0.3, 0.4) is 0 Å². The molecule has 1 aliphatic rings. The van der Waals surface area contributed by atoms with Crippen molar-refractivity contribution in [1.82, 2.24) is 4.98 Å². The van der Waals surface area contributed by atoms with Gasteiger partial charge in [0, 0.05) is 23.0 Å². The zero-order valence-electron chi connectivity index (χ0n) is 14.2. The molecule has 4 heteroatoms. The summed E-state index contributed by atoms with van der Waals surface area (Å²) in [7, 11) is 0. The highest BCUT2D eigenvalue weighted by atomic mass is 16.2. The van der Waals surface area contributed by atoms with E-state index < -0.39 is 0 Å². The third kappa shape index (κ3) is 2.66. The smallest absolute Gasteiger partial charge is 0.260 e. The number of fused-ring (bicyclic) bond motifs is 1. The third-order valence-corrected chi connectivity index (χ3v) is 4.56. The maximum atomic E-state index is 13.0. The molecule has 1 N–H and O–H groups in total. The van der Waals surface area contributed by atoms with Crippen molar-refractivity contribution in [3.63, 3.8) is 0 Å². The Labute approximate surface area is 147 Å². The molecule has 0 bridgehead atoms. The molecule has 3 aromatic rings. The van der Waals surface area contributed by atoms with E-state index in [1.54, 1.807) is 17.3 Å². The second-order valence-corrected chi connectivity index (χ2v) is 6.34. The second kappa shape index (κ2) is 6.06. The van der Waals surface area contributed by atoms with Crippen LogP contribution >= 0.6 is 0 Å². The van der Waals surface area contributed by atoms with Crippen molar-refractivity contribution in [2.24, 2.45) is 0 Å². The lowest BCUT2D eigenvalue weighted by molar-refractivity contribution is 0.0993. The van der Waals surface area contributed by atoms with Gasteiger partial charge in [0.1, 0.15) is 6.17 Å². The molecule has 0 spiro atoms. The number of aromatic nitrogens is 1. The summed E-state index contributed by atoms with van der Waals surface area (Å²) in [6, 6.07) is 17.8. The van der Waals surface area contributed by atoms with Gasteiger partial charge in [0.15, 0.2) is 0 Å². The van der Waals surface area contributed by atoms with E-state index >= 15 is 0 Å². The van der Waals surface area contributed by atoms with Crippen LogP contribution in [0.2, 0.25) is 0 Å². The highest BCUT2D eigenvalue weighted by molar-refractivity contribution is 6.11. The molecule has 0 saturated heterocycles. The molecule has 25 heavy (non-hydrogen) atoms. The predicted octanol–water partition coefficient (Wildman–Crippen LogP) is 4.47. The minimum absolute atomic E-state index is 0.00846. The number of hydrogen-bond acceptors (Lipinski definition) is 3. The first-order valence-electron chi connectivity index (χ1n) is 8.31. The van der Waals surface area contributed by atoms with Gasteiger partial charge in [0.2, 0.25) is 0 Å². The van der Waals surface area contributed by atoms with Crippen LogP contribution < -0.4 is 10.2 Å². The molecule has 1 aromatic heterocycles. The van der Waals surface area contributed by atoms with Crippen LogP contribution in [0.4, 0.5) is 11.4 Å². The third-order valence-electron chi connectivity index (χ3n) is 4.56. The molecular formula is C21H19N3O. The van der Waals surface area contributed by atoms with Gasteiger partial charge in [-0.3, -0.25) is 14.7 Å². The average Bonchev–Trinajstić information content (AvgIpc) is 2.91. The van der Waals surface area contributed by atoms with Crippen LogP contribution in [0.1, 0.15) is 33.2 Å². The standard InChI is InChI=1S/C21H19N3O/c1-14-9-10-19(15(2)12-14)23-20-17-7-3-4-8-18(17)21(25)24(20)16-6-5-11-22-13-16/h3-13,20,23H,1-2H3/t20-/m0/s1. The van der Waals surface area contributed by atoms with Crippen molar-refractivity contribution < 1.29 is 4.79 Å². The summed E-state index contributed by atoms with van der Waals surface area (Å²) >= 11 is 0. The Morgan fingerprint density at radius 3 is 2.64 bits per heavy atom. The van der Waals surface area contributed by atoms with E-state index in [0.717, 1.165) is 28.1 Å². The molecule has 0 saturated carbocycles. The van der Waals surface area contributed by atoms with Crippen molar-refractivity contribution in [2.75, 3.05) is 10.2 Å². The van der Waals surface area contributed by atoms with Gasteiger partial charge in [-0.25, -0.2) is 0 Å². The molecule has 1 atom stereocenters. The molecule has 0 aliphatic carbocycles. The van der Waals surface area contributed by atoms with Crippen LogP contribution in [-0.2, 0) is 0 Å². The second-order valence-electron chi connectivity index (χ2n) is 6.34. The number of rotatable bonds is 3. The lowest BCUT2D eigenvalue weighted by Crippen LogP contribution is -2.32. The van der Waals surface area contributed by atoms with Crippen molar-refractivity contribution in [3.8, 4) is 0 Å². The molecule has 0 fully saturated rings. The summed E-state index contributed by atoms with van der Waals surface area (Å²) in [4.78, 5) is 18.9. The monoisotopic (exact) mass is 329 g/mol. The van der Waals surface area contributed by atoms with E-state index in [4.69, 9.17) is 0 Å². The summed E-state index contributed by atoms with van der Waals surface area (Å²) in [5.41, 5.74) is 5.89. The lowest BCUT2D eigenvalue weighted by Gasteiger charge is -2.27. The van der Waals surface area contributed by atoms with Crippen molar-refractivity contribution in [2.45, 2.75) is 20.0 Å². The number of benzene rings is 2. The van der Waals surface area contributed by atoms with Crippen LogP contribution in [0.5, 0.6) is 0 Å². The maximum absolute atomic E-state index is 13.0. The Balaban J connectivity index is 1.80. The molecule has 0 unspecified atom stereocenters. The first-order chi connectivity index (χ1) is 12.1.